The number of allylic oxidation sites excluding steroid dienone is 5. The molecule has 0 saturated carbocycles. The van der Waals surface area contributed by atoms with E-state index in [9.17, 15) is 8.78 Å². The van der Waals surface area contributed by atoms with Crippen molar-refractivity contribution >= 4 is 0 Å². The van der Waals surface area contributed by atoms with Crippen LogP contribution in [-0.4, -0.2) is 0 Å². The van der Waals surface area contributed by atoms with Crippen LogP contribution in [0.1, 0.15) is 6.92 Å². The Kier molecular flexibility index (Phi) is 5.22. The molecule has 0 heterocycles. The van der Waals surface area contributed by atoms with E-state index >= 15 is 0 Å². The molecule has 0 aromatic heterocycles. The van der Waals surface area contributed by atoms with Crippen LogP contribution in [0.5, 0.6) is 0 Å². The fourth-order valence-electron chi connectivity index (χ4n) is 0.636. The second kappa shape index (κ2) is 5.91. The molecular formula is C11H13F2N. The molecule has 0 atom stereocenters. The SMILES string of the molecule is C=CC(=C)/C=C(/F)NC(=C)/C(F)=C\C. The summed E-state index contributed by atoms with van der Waals surface area (Å²) in [6.45, 7) is 11.7. The smallest absolute Gasteiger partial charge is 0.192 e. The average Bonchev–Trinajstić information content (AvgIpc) is 2.15. The van der Waals surface area contributed by atoms with E-state index in [0.29, 0.717) is 5.57 Å². The first-order valence-electron chi connectivity index (χ1n) is 3.98. The summed E-state index contributed by atoms with van der Waals surface area (Å²) in [7, 11) is 0. The van der Waals surface area contributed by atoms with Gasteiger partial charge in [-0.3, -0.25) is 0 Å². The summed E-state index contributed by atoms with van der Waals surface area (Å²) in [5, 5.41) is 2.14. The highest BCUT2D eigenvalue weighted by Gasteiger charge is 2.01. The lowest BCUT2D eigenvalue weighted by Crippen LogP contribution is -2.09. The van der Waals surface area contributed by atoms with Gasteiger partial charge in [0.25, 0.3) is 0 Å². The molecule has 0 aromatic rings. The largest absolute Gasteiger partial charge is 0.330 e. The summed E-state index contributed by atoms with van der Waals surface area (Å²) in [6.07, 6.45) is 3.67. The first kappa shape index (κ1) is 12.4. The van der Waals surface area contributed by atoms with E-state index in [0.717, 1.165) is 6.08 Å². The molecule has 0 bridgehead atoms. The van der Waals surface area contributed by atoms with Crippen molar-refractivity contribution in [3.8, 4) is 0 Å². The lowest BCUT2D eigenvalue weighted by Gasteiger charge is -2.04. The molecule has 1 nitrogen and oxygen atoms in total. The summed E-state index contributed by atoms with van der Waals surface area (Å²) in [5.74, 6) is -1.32. The highest BCUT2D eigenvalue weighted by molar-refractivity contribution is 5.29. The fraction of sp³-hybridized carbons (Fsp3) is 0.0909. The summed E-state index contributed by atoms with van der Waals surface area (Å²) < 4.78 is 25.7. The summed E-state index contributed by atoms with van der Waals surface area (Å²) >= 11 is 0. The predicted octanol–water partition coefficient (Wildman–Crippen LogP) is 3.52. The van der Waals surface area contributed by atoms with Crippen molar-refractivity contribution in [1.82, 2.24) is 5.32 Å². The van der Waals surface area contributed by atoms with Gasteiger partial charge in [0.15, 0.2) is 5.95 Å². The van der Waals surface area contributed by atoms with Gasteiger partial charge in [-0.1, -0.05) is 25.8 Å². The van der Waals surface area contributed by atoms with Gasteiger partial charge in [-0.25, -0.2) is 4.39 Å². The van der Waals surface area contributed by atoms with Gasteiger partial charge in [-0.05, 0) is 24.6 Å². The Morgan fingerprint density at radius 1 is 1.29 bits per heavy atom. The van der Waals surface area contributed by atoms with Crippen molar-refractivity contribution in [3.05, 3.63) is 61.0 Å². The zero-order valence-corrected chi connectivity index (χ0v) is 8.11. The second-order valence-corrected chi connectivity index (χ2v) is 2.51. The van der Waals surface area contributed by atoms with E-state index in [1.807, 2.05) is 0 Å². The van der Waals surface area contributed by atoms with Gasteiger partial charge < -0.3 is 5.32 Å². The third-order valence-electron chi connectivity index (χ3n) is 1.39. The van der Waals surface area contributed by atoms with Gasteiger partial charge in [0.05, 0.1) is 5.70 Å². The quantitative estimate of drug-likeness (QED) is 0.525. The molecule has 0 amide bonds. The van der Waals surface area contributed by atoms with Crippen LogP contribution in [0.15, 0.2) is 61.0 Å². The van der Waals surface area contributed by atoms with Crippen LogP contribution in [0.2, 0.25) is 0 Å². The summed E-state index contributed by atoms with van der Waals surface area (Å²) in [4.78, 5) is 0. The van der Waals surface area contributed by atoms with Crippen LogP contribution < -0.4 is 5.32 Å². The Hall–Kier alpha value is -1.64. The van der Waals surface area contributed by atoms with Crippen molar-refractivity contribution in [2.24, 2.45) is 0 Å². The van der Waals surface area contributed by atoms with E-state index in [1.165, 1.54) is 19.1 Å². The molecule has 0 aliphatic rings. The maximum Gasteiger partial charge on any atom is 0.192 e. The molecule has 0 aromatic carbocycles. The molecule has 0 fully saturated rings. The topological polar surface area (TPSA) is 12.0 Å². The summed E-state index contributed by atoms with van der Waals surface area (Å²) in [6, 6.07) is 0. The molecule has 0 rings (SSSR count). The highest BCUT2D eigenvalue weighted by Crippen LogP contribution is 2.09. The Labute approximate surface area is 82.8 Å². The maximum absolute atomic E-state index is 13.0. The molecule has 0 spiro atoms. The van der Waals surface area contributed by atoms with E-state index in [2.05, 4.69) is 25.1 Å². The standard InChI is InChI=1S/C11H13F2N/c1-5-8(3)7-11(13)14-9(4)10(12)6-2/h5-7,14H,1,3-4H2,2H3/b10-6+,11-7-. The number of halogens is 2. The van der Waals surface area contributed by atoms with Crippen molar-refractivity contribution in [1.29, 1.82) is 0 Å². The van der Waals surface area contributed by atoms with E-state index in [4.69, 9.17) is 0 Å². The highest BCUT2D eigenvalue weighted by atomic mass is 19.1. The fourth-order valence-corrected chi connectivity index (χ4v) is 0.636. The van der Waals surface area contributed by atoms with Crippen LogP contribution in [-0.2, 0) is 0 Å². The van der Waals surface area contributed by atoms with Gasteiger partial charge in [-0.2, -0.15) is 4.39 Å². The third-order valence-corrected chi connectivity index (χ3v) is 1.39. The minimum atomic E-state index is -0.725. The molecule has 0 radical (unpaired) electrons. The van der Waals surface area contributed by atoms with Crippen LogP contribution in [0.3, 0.4) is 0 Å². The Morgan fingerprint density at radius 2 is 1.86 bits per heavy atom. The van der Waals surface area contributed by atoms with Crippen LogP contribution >= 0.6 is 0 Å². The zero-order valence-electron chi connectivity index (χ0n) is 8.11. The van der Waals surface area contributed by atoms with Crippen molar-refractivity contribution < 1.29 is 8.78 Å². The number of rotatable bonds is 5. The zero-order chi connectivity index (χ0) is 11.1. The molecule has 1 N–H and O–H groups in total. The molecule has 14 heavy (non-hydrogen) atoms. The number of hydrogen-bond donors (Lipinski definition) is 1. The van der Waals surface area contributed by atoms with Gasteiger partial charge in [-0.15, -0.1) is 0 Å². The van der Waals surface area contributed by atoms with E-state index in [1.54, 1.807) is 0 Å². The van der Waals surface area contributed by atoms with Crippen LogP contribution in [0.25, 0.3) is 0 Å². The average molecular weight is 197 g/mol. The monoisotopic (exact) mass is 197 g/mol. The second-order valence-electron chi connectivity index (χ2n) is 2.51. The van der Waals surface area contributed by atoms with Gasteiger partial charge in [0, 0.05) is 0 Å². The molecule has 0 unspecified atom stereocenters. The lowest BCUT2D eigenvalue weighted by molar-refractivity contribution is 0.554. The third kappa shape index (κ3) is 4.40. The number of nitrogens with one attached hydrogen (secondary N) is 1. The first-order valence-corrected chi connectivity index (χ1v) is 3.98. The molecular weight excluding hydrogens is 184 g/mol. The molecule has 0 aliphatic carbocycles. The Balaban J connectivity index is 4.40. The van der Waals surface area contributed by atoms with Crippen molar-refractivity contribution in [2.45, 2.75) is 6.92 Å². The summed E-state index contributed by atoms with van der Waals surface area (Å²) in [5.41, 5.74) is 0.266. The predicted molar refractivity (Wildman–Crippen MR) is 55.7 cm³/mol. The van der Waals surface area contributed by atoms with Crippen LogP contribution in [0.4, 0.5) is 8.78 Å². The molecule has 3 heteroatoms. The lowest BCUT2D eigenvalue weighted by atomic mass is 10.3. The number of hydrogen-bond acceptors (Lipinski definition) is 1. The molecule has 0 saturated heterocycles. The Morgan fingerprint density at radius 3 is 2.29 bits per heavy atom. The Bertz CT molecular complexity index is 311. The van der Waals surface area contributed by atoms with Crippen molar-refractivity contribution in [3.63, 3.8) is 0 Å². The minimum Gasteiger partial charge on any atom is -0.330 e. The normalized spacial score (nSPS) is 12.2. The van der Waals surface area contributed by atoms with Gasteiger partial charge in [0.1, 0.15) is 5.83 Å². The minimum absolute atomic E-state index is 0.127. The van der Waals surface area contributed by atoms with Gasteiger partial charge >= 0.3 is 0 Å². The maximum atomic E-state index is 13.0. The van der Waals surface area contributed by atoms with E-state index in [-0.39, 0.29) is 5.70 Å². The first-order chi connectivity index (χ1) is 6.51. The molecule has 76 valence electrons. The van der Waals surface area contributed by atoms with Crippen LogP contribution in [0, 0.1) is 0 Å². The van der Waals surface area contributed by atoms with Gasteiger partial charge in [0.2, 0.25) is 0 Å². The van der Waals surface area contributed by atoms with Crippen molar-refractivity contribution in [2.75, 3.05) is 0 Å². The van der Waals surface area contributed by atoms with E-state index < -0.39 is 11.8 Å². The molecule has 0 aliphatic heterocycles.